The molecule has 1 fully saturated rings. The summed E-state index contributed by atoms with van der Waals surface area (Å²) < 4.78 is 39.0. The molecular weight excluding hydrogens is 459 g/mol. The smallest absolute Gasteiger partial charge is 0.368 e. The third-order valence-electron chi connectivity index (χ3n) is 6.73. The van der Waals surface area contributed by atoms with E-state index >= 15 is 0 Å². The van der Waals surface area contributed by atoms with E-state index in [0.29, 0.717) is 45.0 Å². The molecule has 10 heteroatoms. The van der Waals surface area contributed by atoms with Gasteiger partial charge in [0.2, 0.25) is 5.91 Å². The zero-order chi connectivity index (χ0) is 24.6. The Labute approximate surface area is 200 Å². The van der Waals surface area contributed by atoms with Crippen molar-refractivity contribution in [2.24, 2.45) is 0 Å². The van der Waals surface area contributed by atoms with Gasteiger partial charge in [0, 0.05) is 55.0 Å². The minimum Gasteiger partial charge on any atom is -0.368 e. The number of fused-ring (bicyclic) bond motifs is 3. The van der Waals surface area contributed by atoms with Crippen LogP contribution in [0, 0.1) is 0 Å². The molecule has 2 aliphatic rings. The predicted octanol–water partition coefficient (Wildman–Crippen LogP) is 3.60. The van der Waals surface area contributed by atoms with Crippen LogP contribution in [0.4, 0.5) is 23.7 Å². The number of halogens is 3. The molecule has 7 nitrogen and oxygen atoms in total. The molecule has 5 rings (SSSR count). The Balaban J connectivity index is 1.11. The number of carbonyl (C=O) groups is 2. The van der Waals surface area contributed by atoms with Crippen molar-refractivity contribution in [3.63, 3.8) is 0 Å². The van der Waals surface area contributed by atoms with Gasteiger partial charge in [-0.05, 0) is 36.2 Å². The zero-order valence-corrected chi connectivity index (χ0v) is 19.1. The molecule has 0 bridgehead atoms. The van der Waals surface area contributed by atoms with Crippen LogP contribution in [-0.4, -0.2) is 66.0 Å². The molecule has 2 aromatic carbocycles. The van der Waals surface area contributed by atoms with Crippen molar-refractivity contribution < 1.29 is 22.8 Å². The van der Waals surface area contributed by atoms with Crippen LogP contribution in [0.5, 0.6) is 0 Å². The average molecular weight is 486 g/mol. The summed E-state index contributed by atoms with van der Waals surface area (Å²) in [5, 5.41) is 3.91. The first-order valence-corrected chi connectivity index (χ1v) is 11.6. The summed E-state index contributed by atoms with van der Waals surface area (Å²) in [4.78, 5) is 33.9. The zero-order valence-electron chi connectivity index (χ0n) is 19.1. The van der Waals surface area contributed by atoms with E-state index in [1.807, 2.05) is 23.1 Å². The molecule has 1 aromatic heterocycles. The van der Waals surface area contributed by atoms with Crippen LogP contribution in [0.15, 0.2) is 48.5 Å². The van der Waals surface area contributed by atoms with Crippen molar-refractivity contribution in [2.75, 3.05) is 44.2 Å². The second kappa shape index (κ2) is 9.16. The average Bonchev–Trinajstić information content (AvgIpc) is 3.24. The number of nitrogens with zero attached hydrogens (tertiary/aromatic N) is 3. The first-order valence-electron chi connectivity index (χ1n) is 11.6. The summed E-state index contributed by atoms with van der Waals surface area (Å²) in [5.41, 5.74) is 3.11. The van der Waals surface area contributed by atoms with Gasteiger partial charge in [0.1, 0.15) is 0 Å². The number of piperazine rings is 1. The number of urea groups is 1. The van der Waals surface area contributed by atoms with Crippen molar-refractivity contribution in [3.8, 4) is 0 Å². The van der Waals surface area contributed by atoms with Gasteiger partial charge in [0.15, 0.2) is 0 Å². The second-order valence-electron chi connectivity index (χ2n) is 8.87. The Kier molecular flexibility index (Phi) is 6.04. The third-order valence-corrected chi connectivity index (χ3v) is 6.73. The van der Waals surface area contributed by atoms with Crippen LogP contribution >= 0.6 is 0 Å². The monoisotopic (exact) mass is 485 g/mol. The van der Waals surface area contributed by atoms with Crippen LogP contribution in [0.25, 0.3) is 10.9 Å². The van der Waals surface area contributed by atoms with Gasteiger partial charge in [-0.2, -0.15) is 13.2 Å². The van der Waals surface area contributed by atoms with Gasteiger partial charge < -0.3 is 25.0 Å². The van der Waals surface area contributed by atoms with Crippen LogP contribution in [0.3, 0.4) is 0 Å². The Morgan fingerprint density at radius 2 is 1.71 bits per heavy atom. The van der Waals surface area contributed by atoms with E-state index in [-0.39, 0.29) is 18.5 Å². The molecule has 2 aliphatic heterocycles. The molecule has 0 spiro atoms. The quantitative estimate of drug-likeness (QED) is 0.596. The van der Waals surface area contributed by atoms with Crippen LogP contribution in [0.1, 0.15) is 16.8 Å². The van der Waals surface area contributed by atoms with Gasteiger partial charge >= 0.3 is 12.2 Å². The number of carbonyl (C=O) groups excluding carboxylic acids is 2. The summed E-state index contributed by atoms with van der Waals surface area (Å²) >= 11 is 0. The van der Waals surface area contributed by atoms with E-state index < -0.39 is 11.7 Å². The molecule has 0 radical (unpaired) electrons. The van der Waals surface area contributed by atoms with Gasteiger partial charge in [-0.3, -0.25) is 4.79 Å². The normalized spacial score (nSPS) is 16.4. The van der Waals surface area contributed by atoms with Crippen LogP contribution in [0.2, 0.25) is 0 Å². The number of hydrogen-bond donors (Lipinski definition) is 2. The number of amides is 3. The number of H-pyrrole nitrogens is 1. The number of benzene rings is 2. The molecule has 184 valence electrons. The maximum atomic E-state index is 13.0. The predicted molar refractivity (Wildman–Crippen MR) is 126 cm³/mol. The highest BCUT2D eigenvalue weighted by Crippen LogP contribution is 2.32. The number of alkyl halides is 3. The van der Waals surface area contributed by atoms with Crippen LogP contribution < -0.4 is 10.2 Å². The molecule has 1 saturated heterocycles. The van der Waals surface area contributed by atoms with Crippen molar-refractivity contribution in [1.82, 2.24) is 20.1 Å². The lowest BCUT2D eigenvalue weighted by molar-refractivity contribution is -0.137. The van der Waals surface area contributed by atoms with Gasteiger partial charge in [-0.25, -0.2) is 4.79 Å². The van der Waals surface area contributed by atoms with Gasteiger partial charge in [-0.1, -0.05) is 24.3 Å². The summed E-state index contributed by atoms with van der Waals surface area (Å²) in [5.74, 6) is -0.203. The number of aromatic nitrogens is 1. The lowest BCUT2D eigenvalue weighted by Gasteiger charge is -2.36. The third kappa shape index (κ3) is 4.78. The second-order valence-corrected chi connectivity index (χ2v) is 8.87. The minimum absolute atomic E-state index is 0.113. The van der Waals surface area contributed by atoms with E-state index in [0.717, 1.165) is 29.8 Å². The Hall–Kier alpha value is -3.69. The molecule has 0 aliphatic carbocycles. The lowest BCUT2D eigenvalue weighted by atomic mass is 10.0. The maximum absolute atomic E-state index is 13.0. The van der Waals surface area contributed by atoms with Crippen molar-refractivity contribution in [3.05, 3.63) is 65.4 Å². The van der Waals surface area contributed by atoms with Gasteiger partial charge in [0.05, 0.1) is 18.7 Å². The Morgan fingerprint density at radius 3 is 2.49 bits per heavy atom. The molecule has 0 atom stereocenters. The van der Waals surface area contributed by atoms with Gasteiger partial charge in [0.25, 0.3) is 0 Å². The molecule has 35 heavy (non-hydrogen) atoms. The number of rotatable bonds is 3. The van der Waals surface area contributed by atoms with Crippen LogP contribution in [-0.2, 0) is 23.9 Å². The summed E-state index contributed by atoms with van der Waals surface area (Å²) in [7, 11) is 0. The first kappa shape index (κ1) is 23.1. The Bertz CT molecular complexity index is 1250. The molecule has 0 unspecified atom stereocenters. The fourth-order valence-electron chi connectivity index (χ4n) is 4.83. The molecule has 2 N–H and O–H groups in total. The molecular formula is C25H26F3N5O2. The minimum atomic E-state index is -4.39. The number of aromatic amines is 1. The summed E-state index contributed by atoms with van der Waals surface area (Å²) in [6.45, 7) is 2.54. The largest absolute Gasteiger partial charge is 0.416 e. The highest BCUT2D eigenvalue weighted by atomic mass is 19.4. The molecule has 3 amide bonds. The molecule has 0 saturated carbocycles. The fourth-order valence-corrected chi connectivity index (χ4v) is 4.83. The van der Waals surface area contributed by atoms with E-state index in [1.165, 1.54) is 17.0 Å². The van der Waals surface area contributed by atoms with E-state index in [1.54, 1.807) is 15.9 Å². The number of anilines is 1. The highest BCUT2D eigenvalue weighted by Gasteiger charge is 2.31. The van der Waals surface area contributed by atoms with E-state index in [4.69, 9.17) is 0 Å². The topological polar surface area (TPSA) is 71.7 Å². The lowest BCUT2D eigenvalue weighted by Crippen LogP contribution is -2.52. The number of nitrogens with one attached hydrogen (secondary N) is 2. The van der Waals surface area contributed by atoms with E-state index in [9.17, 15) is 22.8 Å². The van der Waals surface area contributed by atoms with E-state index in [2.05, 4.69) is 16.4 Å². The number of hydrogen-bond acceptors (Lipinski definition) is 3. The molecule has 3 aromatic rings. The maximum Gasteiger partial charge on any atom is 0.416 e. The standard InChI is InChI=1S/C25H26F3N5O2/c26-25(27,28)17-4-3-5-18(14-17)31-10-12-32(13-11-31)23(34)15-29-24(35)33-9-8-20-19-6-1-2-7-21(19)30-22(20)16-33/h1-7,14,30H,8-13,15-16H2,(H,29,35). The first-order chi connectivity index (χ1) is 16.8. The van der Waals surface area contributed by atoms with Crippen molar-refractivity contribution >= 4 is 28.5 Å². The highest BCUT2D eigenvalue weighted by molar-refractivity contribution is 5.86. The summed E-state index contributed by atoms with van der Waals surface area (Å²) in [6, 6.07) is 13.0. The number of para-hydroxylation sites is 1. The van der Waals surface area contributed by atoms with Crippen molar-refractivity contribution in [1.29, 1.82) is 0 Å². The SMILES string of the molecule is O=C(CNC(=O)N1CCc2c([nH]c3ccccc23)C1)N1CCN(c2cccc(C(F)(F)F)c2)CC1. The molecule has 3 heterocycles. The van der Waals surface area contributed by atoms with Crippen molar-refractivity contribution in [2.45, 2.75) is 19.1 Å². The summed E-state index contributed by atoms with van der Waals surface area (Å²) in [6.07, 6.45) is -3.64. The van der Waals surface area contributed by atoms with Gasteiger partial charge in [-0.15, -0.1) is 0 Å². The Morgan fingerprint density at radius 1 is 0.943 bits per heavy atom. The fraction of sp³-hybridized carbons (Fsp3) is 0.360.